The lowest BCUT2D eigenvalue weighted by Gasteiger charge is -2.37. The highest BCUT2D eigenvalue weighted by molar-refractivity contribution is 8.06. The van der Waals surface area contributed by atoms with Gasteiger partial charge in [-0.3, -0.25) is 4.79 Å². The molecule has 0 spiro atoms. The van der Waals surface area contributed by atoms with Crippen molar-refractivity contribution in [1.82, 2.24) is 4.31 Å². The zero-order valence-electron chi connectivity index (χ0n) is 11.6. The van der Waals surface area contributed by atoms with Crippen LogP contribution >= 0.6 is 0 Å². The van der Waals surface area contributed by atoms with E-state index in [1.165, 1.54) is 4.31 Å². The average Bonchev–Trinajstić information content (AvgIpc) is 2.72. The number of Topliss-reactive ketones (excluding diaryl/α,β-unsaturated/α-hetero) is 1. The molecule has 0 aromatic rings. The minimum atomic E-state index is -3.86. The Kier molecular flexibility index (Phi) is 4.56. The van der Waals surface area contributed by atoms with Gasteiger partial charge in [0.25, 0.3) is 0 Å². The first kappa shape index (κ1) is 15.9. The fourth-order valence-corrected chi connectivity index (χ4v) is 7.04. The Bertz CT molecular complexity index is 581. The van der Waals surface area contributed by atoms with Gasteiger partial charge in [0.15, 0.2) is 14.9 Å². The Morgan fingerprint density at radius 2 is 1.80 bits per heavy atom. The largest absolute Gasteiger partial charge is 0.299 e. The molecule has 0 bridgehead atoms. The Balaban J connectivity index is 2.25. The van der Waals surface area contributed by atoms with E-state index in [1.807, 2.05) is 0 Å². The average molecular weight is 323 g/mol. The number of sulfone groups is 1. The molecule has 2 unspecified atom stereocenters. The fraction of sp³-hybridized carbons (Fsp3) is 0.917. The summed E-state index contributed by atoms with van der Waals surface area (Å²) in [6.07, 6.45) is 5.22. The molecular formula is C12H21NO5S2. The van der Waals surface area contributed by atoms with Crippen LogP contribution < -0.4 is 0 Å². The molecule has 0 aromatic carbocycles. The van der Waals surface area contributed by atoms with Crippen molar-refractivity contribution in [3.05, 3.63) is 0 Å². The van der Waals surface area contributed by atoms with E-state index in [0.717, 1.165) is 25.5 Å². The van der Waals surface area contributed by atoms with Gasteiger partial charge in [-0.1, -0.05) is 6.42 Å². The summed E-state index contributed by atoms with van der Waals surface area (Å²) < 4.78 is 48.5. The van der Waals surface area contributed by atoms with Crippen LogP contribution in [0.5, 0.6) is 0 Å². The zero-order chi connectivity index (χ0) is 15.0. The second-order valence-electron chi connectivity index (χ2n) is 5.79. The van der Waals surface area contributed by atoms with E-state index in [4.69, 9.17) is 0 Å². The fourth-order valence-electron chi connectivity index (χ4n) is 3.27. The SMILES string of the molecule is CS(=O)(=O)CS(=O)(=O)N1CCCCC1C1CCCC1=O. The minimum Gasteiger partial charge on any atom is -0.299 e. The molecule has 1 aliphatic heterocycles. The summed E-state index contributed by atoms with van der Waals surface area (Å²) in [5.41, 5.74) is 0. The summed E-state index contributed by atoms with van der Waals surface area (Å²) in [5.74, 6) is -0.124. The Morgan fingerprint density at radius 1 is 1.10 bits per heavy atom. The number of hydrogen-bond acceptors (Lipinski definition) is 5. The van der Waals surface area contributed by atoms with Crippen LogP contribution in [-0.4, -0.2) is 50.9 Å². The first-order valence-corrected chi connectivity index (χ1v) is 10.6. The lowest BCUT2D eigenvalue weighted by atomic mass is 9.90. The number of carbonyl (C=O) groups excluding carboxylic acids is 1. The lowest BCUT2D eigenvalue weighted by Crippen LogP contribution is -2.49. The Morgan fingerprint density at radius 3 is 2.35 bits per heavy atom. The van der Waals surface area contributed by atoms with E-state index in [9.17, 15) is 21.6 Å². The number of hydrogen-bond donors (Lipinski definition) is 0. The van der Waals surface area contributed by atoms with Gasteiger partial charge in [-0.15, -0.1) is 0 Å². The summed E-state index contributed by atoms with van der Waals surface area (Å²) in [4.78, 5) is 11.9. The number of piperidine rings is 1. The third kappa shape index (κ3) is 3.59. The maximum Gasteiger partial charge on any atom is 0.228 e. The van der Waals surface area contributed by atoms with Crippen LogP contribution in [0.2, 0.25) is 0 Å². The van der Waals surface area contributed by atoms with E-state index in [2.05, 4.69) is 0 Å². The normalized spacial score (nSPS) is 29.8. The molecule has 2 rings (SSSR count). The molecule has 1 saturated carbocycles. The Hall–Kier alpha value is -0.470. The van der Waals surface area contributed by atoms with Crippen LogP contribution in [0.3, 0.4) is 0 Å². The molecule has 8 heteroatoms. The van der Waals surface area contributed by atoms with Crippen molar-refractivity contribution < 1.29 is 21.6 Å². The second-order valence-corrected chi connectivity index (χ2v) is 10.2. The summed E-state index contributed by atoms with van der Waals surface area (Å²) in [5, 5.41) is -0.864. The Labute approximate surface area is 120 Å². The van der Waals surface area contributed by atoms with Crippen molar-refractivity contribution in [2.45, 2.75) is 44.6 Å². The number of carbonyl (C=O) groups is 1. The molecule has 0 aromatic heterocycles. The van der Waals surface area contributed by atoms with Crippen LogP contribution in [0.1, 0.15) is 38.5 Å². The van der Waals surface area contributed by atoms with E-state index < -0.39 is 24.9 Å². The van der Waals surface area contributed by atoms with Crippen molar-refractivity contribution in [1.29, 1.82) is 0 Å². The molecular weight excluding hydrogens is 302 g/mol. The standard InChI is InChI=1S/C12H21NO5S2/c1-19(15,16)9-20(17,18)13-8-3-2-6-11(13)10-5-4-7-12(10)14/h10-11H,2-9H2,1H3. The van der Waals surface area contributed by atoms with Gasteiger partial charge in [0.2, 0.25) is 10.0 Å². The van der Waals surface area contributed by atoms with Crippen LogP contribution in [0.4, 0.5) is 0 Å². The van der Waals surface area contributed by atoms with Crippen molar-refractivity contribution in [2.24, 2.45) is 5.92 Å². The van der Waals surface area contributed by atoms with Gasteiger partial charge in [0.1, 0.15) is 5.78 Å². The molecule has 1 heterocycles. The third-order valence-electron chi connectivity index (χ3n) is 4.03. The van der Waals surface area contributed by atoms with E-state index in [-0.39, 0.29) is 17.7 Å². The molecule has 0 amide bonds. The summed E-state index contributed by atoms with van der Waals surface area (Å²) in [6, 6.07) is -0.342. The number of rotatable bonds is 4. The molecule has 0 radical (unpaired) electrons. The van der Waals surface area contributed by atoms with Crippen molar-refractivity contribution in [3.8, 4) is 0 Å². The number of nitrogens with zero attached hydrogens (tertiary/aromatic N) is 1. The van der Waals surface area contributed by atoms with Gasteiger partial charge < -0.3 is 0 Å². The summed E-state index contributed by atoms with van der Waals surface area (Å²) >= 11 is 0. The highest BCUT2D eigenvalue weighted by Gasteiger charge is 2.42. The molecule has 6 nitrogen and oxygen atoms in total. The smallest absolute Gasteiger partial charge is 0.228 e. The topological polar surface area (TPSA) is 88.6 Å². The molecule has 1 saturated heterocycles. The van der Waals surface area contributed by atoms with Crippen LogP contribution in [0.25, 0.3) is 0 Å². The van der Waals surface area contributed by atoms with Crippen molar-refractivity contribution >= 4 is 25.6 Å². The van der Waals surface area contributed by atoms with Gasteiger partial charge >= 0.3 is 0 Å². The van der Waals surface area contributed by atoms with E-state index >= 15 is 0 Å². The monoisotopic (exact) mass is 323 g/mol. The van der Waals surface area contributed by atoms with Crippen LogP contribution in [0, 0.1) is 5.92 Å². The van der Waals surface area contributed by atoms with Gasteiger partial charge in [-0.2, -0.15) is 4.31 Å². The molecule has 116 valence electrons. The second kappa shape index (κ2) is 5.73. The maximum atomic E-state index is 12.3. The molecule has 0 N–H and O–H groups in total. The van der Waals surface area contributed by atoms with Crippen molar-refractivity contribution in [2.75, 3.05) is 17.9 Å². The van der Waals surface area contributed by atoms with E-state index in [0.29, 0.717) is 25.8 Å². The number of sulfonamides is 1. The first-order valence-electron chi connectivity index (χ1n) is 6.91. The summed E-state index contributed by atoms with van der Waals surface area (Å²) in [6.45, 7) is 0.326. The molecule has 2 fully saturated rings. The summed E-state index contributed by atoms with van der Waals surface area (Å²) in [7, 11) is -7.46. The van der Waals surface area contributed by atoms with Gasteiger partial charge in [0, 0.05) is 31.2 Å². The molecule has 2 aliphatic rings. The highest BCUT2D eigenvalue weighted by atomic mass is 32.3. The molecule has 1 aliphatic carbocycles. The van der Waals surface area contributed by atoms with E-state index in [1.54, 1.807) is 0 Å². The van der Waals surface area contributed by atoms with Crippen LogP contribution in [-0.2, 0) is 24.7 Å². The van der Waals surface area contributed by atoms with Crippen molar-refractivity contribution in [3.63, 3.8) is 0 Å². The zero-order valence-corrected chi connectivity index (χ0v) is 13.2. The quantitative estimate of drug-likeness (QED) is 0.753. The first-order chi connectivity index (χ1) is 9.21. The van der Waals surface area contributed by atoms with Gasteiger partial charge in [0.05, 0.1) is 0 Å². The predicted molar refractivity (Wildman–Crippen MR) is 75.3 cm³/mol. The van der Waals surface area contributed by atoms with Gasteiger partial charge in [-0.25, -0.2) is 16.8 Å². The van der Waals surface area contributed by atoms with Crippen LogP contribution in [0.15, 0.2) is 0 Å². The highest BCUT2D eigenvalue weighted by Crippen LogP contribution is 2.34. The molecule has 20 heavy (non-hydrogen) atoms. The lowest BCUT2D eigenvalue weighted by molar-refractivity contribution is -0.122. The number of ketones is 1. The third-order valence-corrected chi connectivity index (χ3v) is 8.11. The minimum absolute atomic E-state index is 0.122. The predicted octanol–water partition coefficient (Wildman–Crippen LogP) is 0.542. The van der Waals surface area contributed by atoms with Gasteiger partial charge in [-0.05, 0) is 25.7 Å². The molecule has 2 atom stereocenters. The maximum absolute atomic E-state index is 12.3.